The van der Waals surface area contributed by atoms with E-state index in [1.807, 2.05) is 0 Å². The van der Waals surface area contributed by atoms with Crippen molar-refractivity contribution in [3.63, 3.8) is 0 Å². The molecule has 0 aromatic heterocycles. The average Bonchev–Trinajstić information content (AvgIpc) is 2.52. The van der Waals surface area contributed by atoms with Crippen molar-refractivity contribution in [2.24, 2.45) is 0 Å². The lowest BCUT2D eigenvalue weighted by Crippen LogP contribution is -2.21. The van der Waals surface area contributed by atoms with Crippen LogP contribution in [0.5, 0.6) is 0 Å². The van der Waals surface area contributed by atoms with Crippen molar-refractivity contribution in [3.05, 3.63) is 33.9 Å². The van der Waals surface area contributed by atoms with Gasteiger partial charge in [0.2, 0.25) is 0 Å². The van der Waals surface area contributed by atoms with Gasteiger partial charge in [0.25, 0.3) is 0 Å². The van der Waals surface area contributed by atoms with Crippen molar-refractivity contribution >= 4 is 23.9 Å². The van der Waals surface area contributed by atoms with Gasteiger partial charge in [-0.15, -0.1) is 0 Å². The van der Waals surface area contributed by atoms with Gasteiger partial charge in [0.15, 0.2) is 0 Å². The molecule has 0 aliphatic rings. The maximum atomic E-state index is 11.4. The molecule has 0 spiro atoms. The zero-order valence-corrected chi connectivity index (χ0v) is 12.6. The van der Waals surface area contributed by atoms with Gasteiger partial charge in [0, 0.05) is 5.56 Å². The van der Waals surface area contributed by atoms with E-state index < -0.39 is 65.1 Å². The predicted octanol–water partition coefficient (Wildman–Crippen LogP) is -0.0376. The highest BCUT2D eigenvalue weighted by Crippen LogP contribution is 2.26. The van der Waals surface area contributed by atoms with E-state index in [0.717, 1.165) is 0 Å². The van der Waals surface area contributed by atoms with Crippen LogP contribution in [0.25, 0.3) is 0 Å². The highest BCUT2D eigenvalue weighted by Gasteiger charge is 2.31. The molecule has 0 fully saturated rings. The summed E-state index contributed by atoms with van der Waals surface area (Å²) in [5.41, 5.74) is -4.17. The van der Waals surface area contributed by atoms with Crippen LogP contribution in [0.1, 0.15) is 47.0 Å². The largest absolute Gasteiger partial charge is 0.478 e. The van der Waals surface area contributed by atoms with Crippen LogP contribution in [0.3, 0.4) is 0 Å². The smallest absolute Gasteiger partial charge is 0.336 e. The van der Waals surface area contributed by atoms with Crippen LogP contribution >= 0.6 is 0 Å². The first-order valence-corrected chi connectivity index (χ1v) is 6.61. The highest BCUT2D eigenvalue weighted by atomic mass is 16.7. The SMILES string of the molecule is O=C(O)c1cc(C(=O)O)c(C(=O)O)c(COCOCCO)c1C(=O)O. The summed E-state index contributed by atoms with van der Waals surface area (Å²) in [5.74, 6) is -7.00. The van der Waals surface area contributed by atoms with Crippen LogP contribution in [-0.2, 0) is 16.1 Å². The van der Waals surface area contributed by atoms with Gasteiger partial charge in [-0.1, -0.05) is 0 Å². The van der Waals surface area contributed by atoms with Crippen molar-refractivity contribution in [2.75, 3.05) is 20.0 Å². The summed E-state index contributed by atoms with van der Waals surface area (Å²) >= 11 is 0. The summed E-state index contributed by atoms with van der Waals surface area (Å²) in [6.45, 7) is -1.61. The van der Waals surface area contributed by atoms with Gasteiger partial charge >= 0.3 is 23.9 Å². The zero-order chi connectivity index (χ0) is 19.1. The van der Waals surface area contributed by atoms with Crippen LogP contribution in [0.4, 0.5) is 0 Å². The molecular formula is C14H14O11. The van der Waals surface area contributed by atoms with Gasteiger partial charge in [0.1, 0.15) is 6.79 Å². The summed E-state index contributed by atoms with van der Waals surface area (Å²) in [6.07, 6.45) is 0. The maximum absolute atomic E-state index is 11.4. The van der Waals surface area contributed by atoms with Gasteiger partial charge in [-0.2, -0.15) is 0 Å². The summed E-state index contributed by atoms with van der Waals surface area (Å²) in [6, 6.07) is 0.476. The molecule has 0 aliphatic carbocycles. The number of benzene rings is 1. The molecule has 1 rings (SSSR count). The minimum absolute atomic E-state index is 0.104. The van der Waals surface area contributed by atoms with Crippen molar-refractivity contribution in [2.45, 2.75) is 6.61 Å². The quantitative estimate of drug-likeness (QED) is 0.279. The van der Waals surface area contributed by atoms with Crippen molar-refractivity contribution in [3.8, 4) is 0 Å². The average molecular weight is 358 g/mol. The van der Waals surface area contributed by atoms with Crippen LogP contribution in [-0.4, -0.2) is 69.4 Å². The second kappa shape index (κ2) is 8.73. The standard InChI is InChI=1S/C14H14O11/c15-1-2-24-5-25-4-8-9(13(20)21)6(11(16)17)3-7(12(18)19)10(8)14(22)23/h3,15H,1-2,4-5H2,(H,16,17)(H,18,19)(H,20,21)(H,22,23). The molecule has 0 unspecified atom stereocenters. The zero-order valence-electron chi connectivity index (χ0n) is 12.6. The Balaban J connectivity index is 3.54. The lowest BCUT2D eigenvalue weighted by molar-refractivity contribution is -0.0696. The van der Waals surface area contributed by atoms with E-state index >= 15 is 0 Å². The van der Waals surface area contributed by atoms with E-state index in [4.69, 9.17) is 24.8 Å². The lowest BCUT2D eigenvalue weighted by atomic mass is 9.91. The second-order valence-corrected chi connectivity index (χ2v) is 4.52. The molecule has 0 amide bonds. The van der Waals surface area contributed by atoms with Crippen LogP contribution < -0.4 is 0 Å². The van der Waals surface area contributed by atoms with Crippen molar-refractivity contribution in [1.82, 2.24) is 0 Å². The molecule has 0 heterocycles. The Morgan fingerprint density at radius 1 is 0.800 bits per heavy atom. The summed E-state index contributed by atoms with van der Waals surface area (Å²) in [5, 5.41) is 45.3. The number of carboxylic acids is 4. The number of aromatic carboxylic acids is 4. The fourth-order valence-corrected chi connectivity index (χ4v) is 2.04. The first-order chi connectivity index (χ1) is 11.7. The molecule has 11 nitrogen and oxygen atoms in total. The topological polar surface area (TPSA) is 188 Å². The number of aliphatic hydroxyl groups excluding tert-OH is 1. The third kappa shape index (κ3) is 4.73. The molecule has 11 heteroatoms. The van der Waals surface area contributed by atoms with Gasteiger partial charge in [0.05, 0.1) is 42.1 Å². The molecular weight excluding hydrogens is 344 g/mol. The molecule has 0 radical (unpaired) electrons. The molecule has 0 saturated carbocycles. The van der Waals surface area contributed by atoms with E-state index in [9.17, 15) is 29.4 Å². The highest BCUT2D eigenvalue weighted by molar-refractivity contribution is 6.10. The predicted molar refractivity (Wildman–Crippen MR) is 77.0 cm³/mol. The minimum Gasteiger partial charge on any atom is -0.478 e. The molecule has 0 aliphatic heterocycles. The van der Waals surface area contributed by atoms with Crippen LogP contribution in [0, 0.1) is 0 Å². The Bertz CT molecular complexity index is 657. The maximum Gasteiger partial charge on any atom is 0.336 e. The van der Waals surface area contributed by atoms with E-state index in [1.165, 1.54) is 0 Å². The molecule has 5 N–H and O–H groups in total. The third-order valence-electron chi connectivity index (χ3n) is 2.97. The Morgan fingerprint density at radius 2 is 1.28 bits per heavy atom. The molecule has 0 bridgehead atoms. The number of carboxylic acid groups (broad SMARTS) is 4. The first kappa shape index (κ1) is 20.0. The minimum atomic E-state index is -1.76. The third-order valence-corrected chi connectivity index (χ3v) is 2.97. The fraction of sp³-hybridized carbons (Fsp3) is 0.286. The number of hydrogen-bond acceptors (Lipinski definition) is 7. The summed E-state index contributed by atoms with van der Waals surface area (Å²) < 4.78 is 9.69. The molecule has 0 atom stereocenters. The van der Waals surface area contributed by atoms with Crippen LogP contribution in [0.15, 0.2) is 6.07 Å². The van der Waals surface area contributed by atoms with E-state index in [-0.39, 0.29) is 13.2 Å². The Kier molecular flexibility index (Phi) is 6.99. The van der Waals surface area contributed by atoms with Crippen molar-refractivity contribution < 1.29 is 54.2 Å². The fourth-order valence-electron chi connectivity index (χ4n) is 2.04. The first-order valence-electron chi connectivity index (χ1n) is 6.61. The summed E-state index contributed by atoms with van der Waals surface area (Å²) in [7, 11) is 0. The number of rotatable bonds is 10. The molecule has 0 saturated heterocycles. The summed E-state index contributed by atoms with van der Waals surface area (Å²) in [4.78, 5) is 45.3. The Morgan fingerprint density at radius 3 is 1.64 bits per heavy atom. The van der Waals surface area contributed by atoms with E-state index in [1.54, 1.807) is 0 Å². The second-order valence-electron chi connectivity index (χ2n) is 4.52. The van der Waals surface area contributed by atoms with Crippen LogP contribution in [0.2, 0.25) is 0 Å². The van der Waals surface area contributed by atoms with Gasteiger partial charge < -0.3 is 35.0 Å². The molecule has 1 aromatic rings. The molecule has 25 heavy (non-hydrogen) atoms. The van der Waals surface area contributed by atoms with E-state index in [0.29, 0.717) is 6.07 Å². The number of aliphatic hydroxyl groups is 1. The normalized spacial score (nSPS) is 10.4. The lowest BCUT2D eigenvalue weighted by Gasteiger charge is -2.15. The van der Waals surface area contributed by atoms with Crippen molar-refractivity contribution in [1.29, 1.82) is 0 Å². The number of ether oxygens (including phenoxy) is 2. The van der Waals surface area contributed by atoms with Gasteiger partial charge in [-0.05, 0) is 6.07 Å². The number of hydrogen-bond donors (Lipinski definition) is 5. The molecule has 136 valence electrons. The van der Waals surface area contributed by atoms with E-state index in [2.05, 4.69) is 0 Å². The molecule has 1 aromatic carbocycles. The van der Waals surface area contributed by atoms with Gasteiger partial charge in [-0.3, -0.25) is 0 Å². The monoisotopic (exact) mass is 358 g/mol. The Hall–Kier alpha value is -3.02. The number of carbonyl (C=O) groups is 4. The van der Waals surface area contributed by atoms with Gasteiger partial charge in [-0.25, -0.2) is 19.2 Å². The Labute approximate surface area is 139 Å².